The van der Waals surface area contributed by atoms with E-state index < -0.39 is 0 Å². The Labute approximate surface area is 188 Å². The third-order valence-electron chi connectivity index (χ3n) is 6.44. The van der Waals surface area contributed by atoms with Gasteiger partial charge in [-0.3, -0.25) is 4.79 Å². The van der Waals surface area contributed by atoms with Crippen molar-refractivity contribution in [2.45, 2.75) is 154 Å². The number of carbonyl (C=O) groups is 1. The Hall–Kier alpha value is -0.570. The highest BCUT2D eigenvalue weighted by Crippen LogP contribution is 2.15. The van der Waals surface area contributed by atoms with E-state index in [0.717, 1.165) is 32.3 Å². The molecule has 1 unspecified atom stereocenters. The van der Waals surface area contributed by atoms with Gasteiger partial charge in [0.25, 0.3) is 0 Å². The number of hydrogen-bond acceptors (Lipinski definition) is 3. The maximum absolute atomic E-state index is 11.7. The molecule has 1 aliphatic heterocycles. The molecule has 1 heterocycles. The highest BCUT2D eigenvalue weighted by atomic mass is 16.6. The lowest BCUT2D eigenvalue weighted by molar-refractivity contribution is -0.147. The Kier molecular flexibility index (Phi) is 19.8. The molecule has 1 atom stereocenters. The van der Waals surface area contributed by atoms with Crippen LogP contribution in [0.15, 0.2) is 0 Å². The third kappa shape index (κ3) is 18.2. The number of hydrogen-bond donors (Lipinski definition) is 0. The molecule has 1 rings (SSSR count). The van der Waals surface area contributed by atoms with Crippen LogP contribution in [-0.2, 0) is 14.3 Å². The molecule has 30 heavy (non-hydrogen) atoms. The number of carbonyl (C=O) groups excluding carboxylic acids is 1. The Morgan fingerprint density at radius 2 is 1.13 bits per heavy atom. The van der Waals surface area contributed by atoms with Gasteiger partial charge in [-0.1, -0.05) is 122 Å². The van der Waals surface area contributed by atoms with Crippen molar-refractivity contribution >= 4 is 5.97 Å². The maximum Gasteiger partial charge on any atom is 0.305 e. The lowest BCUT2D eigenvalue weighted by Gasteiger charge is -2.10. The summed E-state index contributed by atoms with van der Waals surface area (Å²) < 4.78 is 10.8. The van der Waals surface area contributed by atoms with Crippen LogP contribution in [-0.4, -0.2) is 25.3 Å². The highest BCUT2D eigenvalue weighted by Gasteiger charge is 2.17. The van der Waals surface area contributed by atoms with E-state index in [1.807, 2.05) is 0 Å². The average molecular weight is 425 g/mol. The van der Waals surface area contributed by atoms with Crippen molar-refractivity contribution in [1.29, 1.82) is 0 Å². The minimum absolute atomic E-state index is 0.0440. The van der Waals surface area contributed by atoms with Crippen molar-refractivity contribution in [1.82, 2.24) is 0 Å². The molecule has 0 saturated carbocycles. The van der Waals surface area contributed by atoms with E-state index in [9.17, 15) is 4.79 Å². The Balaban J connectivity index is 1.67. The fourth-order valence-electron chi connectivity index (χ4n) is 4.38. The molecule has 1 aliphatic rings. The number of rotatable bonds is 22. The normalized spacial score (nSPS) is 16.2. The molecule has 0 bridgehead atoms. The second kappa shape index (κ2) is 21.7. The lowest BCUT2D eigenvalue weighted by Crippen LogP contribution is -2.17. The minimum Gasteiger partial charge on any atom is -0.463 e. The zero-order chi connectivity index (χ0) is 21.5. The molecule has 1 fully saturated rings. The second-order valence-corrected chi connectivity index (χ2v) is 9.43. The molecule has 0 amide bonds. The summed E-state index contributed by atoms with van der Waals surface area (Å²) in [7, 11) is 0. The quantitative estimate of drug-likeness (QED) is 0.129. The van der Waals surface area contributed by atoms with E-state index in [1.54, 1.807) is 0 Å². The van der Waals surface area contributed by atoms with Gasteiger partial charge in [0.2, 0.25) is 0 Å². The van der Waals surface area contributed by atoms with Crippen LogP contribution in [0.1, 0.15) is 148 Å². The third-order valence-corrected chi connectivity index (χ3v) is 6.44. The first-order chi connectivity index (χ1) is 14.8. The number of unbranched alkanes of at least 4 members (excludes halogenated alkanes) is 18. The van der Waals surface area contributed by atoms with Crippen LogP contribution in [0.3, 0.4) is 0 Å². The van der Waals surface area contributed by atoms with Gasteiger partial charge in [0.15, 0.2) is 0 Å². The van der Waals surface area contributed by atoms with Crippen molar-refractivity contribution in [3.8, 4) is 0 Å². The summed E-state index contributed by atoms with van der Waals surface area (Å²) in [5.74, 6) is -0.0440. The molecule has 1 saturated heterocycles. The molecule has 0 N–H and O–H groups in total. The van der Waals surface area contributed by atoms with Gasteiger partial charge in [-0.15, -0.1) is 0 Å². The predicted octanol–water partition coefficient (Wildman–Crippen LogP) is 8.53. The zero-order valence-electron chi connectivity index (χ0n) is 20.3. The van der Waals surface area contributed by atoms with Gasteiger partial charge in [-0.05, 0) is 19.3 Å². The molecule has 3 nitrogen and oxygen atoms in total. The predicted molar refractivity (Wildman–Crippen MR) is 128 cm³/mol. The van der Waals surface area contributed by atoms with Gasteiger partial charge in [0.05, 0.1) is 6.10 Å². The summed E-state index contributed by atoms with van der Waals surface area (Å²) in [6.45, 7) is 3.57. The van der Waals surface area contributed by atoms with E-state index in [0.29, 0.717) is 13.0 Å². The lowest BCUT2D eigenvalue weighted by atomic mass is 10.0. The van der Waals surface area contributed by atoms with Crippen LogP contribution >= 0.6 is 0 Å². The van der Waals surface area contributed by atoms with Gasteiger partial charge < -0.3 is 9.47 Å². The van der Waals surface area contributed by atoms with E-state index in [-0.39, 0.29) is 12.1 Å². The van der Waals surface area contributed by atoms with Crippen LogP contribution in [0.5, 0.6) is 0 Å². The van der Waals surface area contributed by atoms with Gasteiger partial charge in [0.1, 0.15) is 6.61 Å². The fraction of sp³-hybridized carbons (Fsp3) is 0.963. The van der Waals surface area contributed by atoms with E-state index in [1.165, 1.54) is 109 Å². The van der Waals surface area contributed by atoms with Crippen LogP contribution < -0.4 is 0 Å². The number of esters is 1. The fourth-order valence-corrected chi connectivity index (χ4v) is 4.38. The van der Waals surface area contributed by atoms with Crippen LogP contribution in [0.25, 0.3) is 0 Å². The van der Waals surface area contributed by atoms with Crippen LogP contribution in [0, 0.1) is 0 Å². The first-order valence-corrected chi connectivity index (χ1v) is 13.6. The smallest absolute Gasteiger partial charge is 0.305 e. The largest absolute Gasteiger partial charge is 0.463 e. The van der Waals surface area contributed by atoms with Crippen molar-refractivity contribution in [3.63, 3.8) is 0 Å². The van der Waals surface area contributed by atoms with Crippen molar-refractivity contribution in [2.75, 3.05) is 13.2 Å². The SMILES string of the molecule is CCCCCCCCCCCCCCCCCCCCCC(=O)OCC1CCCO1. The van der Waals surface area contributed by atoms with Crippen molar-refractivity contribution < 1.29 is 14.3 Å². The Morgan fingerprint density at radius 3 is 1.53 bits per heavy atom. The highest BCUT2D eigenvalue weighted by molar-refractivity contribution is 5.69. The Morgan fingerprint density at radius 1 is 0.700 bits per heavy atom. The topological polar surface area (TPSA) is 35.5 Å². The van der Waals surface area contributed by atoms with E-state index in [4.69, 9.17) is 9.47 Å². The van der Waals surface area contributed by atoms with Gasteiger partial charge in [-0.25, -0.2) is 0 Å². The monoisotopic (exact) mass is 424 g/mol. The summed E-state index contributed by atoms with van der Waals surface area (Å²) in [6, 6.07) is 0. The molecular formula is C27H52O3. The maximum atomic E-state index is 11.7. The molecule has 3 heteroatoms. The van der Waals surface area contributed by atoms with Crippen LogP contribution in [0.4, 0.5) is 0 Å². The summed E-state index contributed by atoms with van der Waals surface area (Å²) in [5, 5.41) is 0. The zero-order valence-corrected chi connectivity index (χ0v) is 20.3. The molecule has 0 aromatic heterocycles. The van der Waals surface area contributed by atoms with E-state index in [2.05, 4.69) is 6.92 Å². The summed E-state index contributed by atoms with van der Waals surface area (Å²) in [5.41, 5.74) is 0. The number of ether oxygens (including phenoxy) is 2. The molecule has 0 radical (unpaired) electrons. The van der Waals surface area contributed by atoms with E-state index >= 15 is 0 Å². The summed E-state index contributed by atoms with van der Waals surface area (Å²) >= 11 is 0. The van der Waals surface area contributed by atoms with Crippen LogP contribution in [0.2, 0.25) is 0 Å². The van der Waals surface area contributed by atoms with Gasteiger partial charge in [-0.2, -0.15) is 0 Å². The average Bonchev–Trinajstić information content (AvgIpc) is 3.27. The standard InChI is InChI=1S/C27H52O3/c1-2-3-4-5-6-7-8-9-10-11-12-13-14-15-16-17-18-19-20-23-27(28)30-25-26-22-21-24-29-26/h26H,2-25H2,1H3. The molecule has 0 spiro atoms. The van der Waals surface area contributed by atoms with Gasteiger partial charge in [0, 0.05) is 13.0 Å². The molecule has 178 valence electrons. The first-order valence-electron chi connectivity index (χ1n) is 13.6. The summed E-state index contributed by atoms with van der Waals surface area (Å²) in [6.07, 6.45) is 29.0. The molecule has 0 aromatic rings. The van der Waals surface area contributed by atoms with Crippen molar-refractivity contribution in [3.05, 3.63) is 0 Å². The van der Waals surface area contributed by atoms with Gasteiger partial charge >= 0.3 is 5.97 Å². The molecule has 0 aromatic carbocycles. The Bertz CT molecular complexity index is 363. The second-order valence-electron chi connectivity index (χ2n) is 9.43. The van der Waals surface area contributed by atoms with Crippen molar-refractivity contribution in [2.24, 2.45) is 0 Å². The summed E-state index contributed by atoms with van der Waals surface area (Å²) in [4.78, 5) is 11.7. The first kappa shape index (κ1) is 27.5. The molecule has 0 aliphatic carbocycles. The minimum atomic E-state index is -0.0440. The molecular weight excluding hydrogens is 372 g/mol.